The lowest BCUT2D eigenvalue weighted by atomic mass is 10.2. The number of aliphatic hydroxyl groups excluding tert-OH is 1. The van der Waals surface area contributed by atoms with Crippen LogP contribution >= 0.6 is 0 Å². The molecule has 0 aliphatic rings. The normalized spacial score (nSPS) is 12.4. The molecule has 0 spiro atoms. The Morgan fingerprint density at radius 1 is 1.03 bits per heavy atom. The number of aryl methyl sites for hydroxylation is 1. The van der Waals surface area contributed by atoms with Crippen molar-refractivity contribution >= 4 is 0 Å². The lowest BCUT2D eigenvalue weighted by molar-refractivity contribution is 0.105. The summed E-state index contributed by atoms with van der Waals surface area (Å²) >= 11 is 0. The number of aliphatic hydroxyl groups is 1. The topological polar surface area (TPSA) is 50.5 Å². The Kier molecular flexibility index (Phi) is 7.76. The van der Waals surface area contributed by atoms with Crippen LogP contribution in [0.1, 0.15) is 37.9 Å². The van der Waals surface area contributed by atoms with Crippen LogP contribution < -0.4 is 4.74 Å². The number of rotatable bonds is 10. The second kappa shape index (κ2) is 10.5. The third-order valence-electron chi connectivity index (χ3n) is 5.10. The molecule has 0 bridgehead atoms. The molecule has 0 aliphatic carbocycles. The van der Waals surface area contributed by atoms with Crippen molar-refractivity contribution in [3.63, 3.8) is 0 Å². The molecular formula is C24H29F2N3O2. The number of benzene rings is 2. The van der Waals surface area contributed by atoms with Gasteiger partial charge in [-0.05, 0) is 74.8 Å². The Hall–Kier alpha value is -2.77. The number of hydrogen-bond acceptors (Lipinski definition) is 4. The van der Waals surface area contributed by atoms with E-state index in [0.29, 0.717) is 36.8 Å². The third-order valence-corrected chi connectivity index (χ3v) is 5.10. The second-order valence-electron chi connectivity index (χ2n) is 7.61. The molecule has 1 heterocycles. The standard InChI is InChI=1S/C24H29F2N3O2/c1-4-14-28(15-21(30)5-2)16-23-17(3)27-29(20-10-6-18(25)7-11-20)24(23)31-22-12-8-19(26)9-13-22/h6-13,21,30H,4-5,14-16H2,1-3H3/t21-/m0/s1. The van der Waals surface area contributed by atoms with E-state index in [2.05, 4.69) is 16.9 Å². The smallest absolute Gasteiger partial charge is 0.227 e. The first-order chi connectivity index (χ1) is 14.9. The molecule has 166 valence electrons. The summed E-state index contributed by atoms with van der Waals surface area (Å²) in [5.74, 6) is 0.277. The van der Waals surface area contributed by atoms with Crippen LogP contribution in [0.4, 0.5) is 8.78 Å². The van der Waals surface area contributed by atoms with Gasteiger partial charge < -0.3 is 9.84 Å². The predicted molar refractivity (Wildman–Crippen MR) is 117 cm³/mol. The monoisotopic (exact) mass is 429 g/mol. The lowest BCUT2D eigenvalue weighted by Crippen LogP contribution is -2.32. The van der Waals surface area contributed by atoms with Gasteiger partial charge in [-0.25, -0.2) is 13.5 Å². The van der Waals surface area contributed by atoms with Crippen LogP contribution in [0.5, 0.6) is 11.6 Å². The van der Waals surface area contributed by atoms with E-state index in [9.17, 15) is 13.9 Å². The van der Waals surface area contributed by atoms with E-state index in [0.717, 1.165) is 24.2 Å². The average molecular weight is 430 g/mol. The van der Waals surface area contributed by atoms with Crippen molar-refractivity contribution in [2.24, 2.45) is 0 Å². The van der Waals surface area contributed by atoms with Crippen LogP contribution in [0.2, 0.25) is 0 Å². The van der Waals surface area contributed by atoms with Crippen LogP contribution in [0.25, 0.3) is 5.69 Å². The molecule has 0 saturated carbocycles. The molecular weight excluding hydrogens is 400 g/mol. The van der Waals surface area contributed by atoms with Gasteiger partial charge >= 0.3 is 0 Å². The molecule has 5 nitrogen and oxygen atoms in total. The molecule has 31 heavy (non-hydrogen) atoms. The van der Waals surface area contributed by atoms with Gasteiger partial charge in [-0.2, -0.15) is 5.10 Å². The van der Waals surface area contributed by atoms with E-state index < -0.39 is 6.10 Å². The zero-order valence-corrected chi connectivity index (χ0v) is 18.2. The van der Waals surface area contributed by atoms with Gasteiger partial charge in [-0.3, -0.25) is 4.90 Å². The molecule has 1 aromatic heterocycles. The first-order valence-corrected chi connectivity index (χ1v) is 10.6. The third kappa shape index (κ3) is 5.89. The molecule has 2 aromatic carbocycles. The maximum absolute atomic E-state index is 13.5. The van der Waals surface area contributed by atoms with Crippen LogP contribution in [0.3, 0.4) is 0 Å². The first kappa shape index (κ1) is 22.9. The molecule has 0 amide bonds. The summed E-state index contributed by atoms with van der Waals surface area (Å²) in [6.45, 7) is 7.84. The minimum atomic E-state index is -0.416. The molecule has 0 aliphatic heterocycles. The number of halogens is 2. The number of aromatic nitrogens is 2. The maximum atomic E-state index is 13.5. The zero-order chi connectivity index (χ0) is 22.4. The number of hydrogen-bond donors (Lipinski definition) is 1. The number of nitrogens with zero attached hydrogens (tertiary/aromatic N) is 3. The Morgan fingerprint density at radius 3 is 2.23 bits per heavy atom. The summed E-state index contributed by atoms with van der Waals surface area (Å²) in [5.41, 5.74) is 2.29. The Morgan fingerprint density at radius 2 is 1.65 bits per heavy atom. The molecule has 0 unspecified atom stereocenters. The Labute approximate surface area is 181 Å². The van der Waals surface area contributed by atoms with Crippen molar-refractivity contribution in [2.75, 3.05) is 13.1 Å². The molecule has 0 saturated heterocycles. The molecule has 1 N–H and O–H groups in total. The van der Waals surface area contributed by atoms with Gasteiger partial charge in [-0.1, -0.05) is 13.8 Å². The summed E-state index contributed by atoms with van der Waals surface area (Å²) in [6, 6.07) is 11.8. The quantitative estimate of drug-likeness (QED) is 0.479. The Bertz CT molecular complexity index is 972. The predicted octanol–water partition coefficient (Wildman–Crippen LogP) is 5.23. The van der Waals surface area contributed by atoms with E-state index in [1.165, 1.54) is 24.3 Å². The SMILES string of the molecule is CCCN(Cc1c(C)nn(-c2ccc(F)cc2)c1Oc1ccc(F)cc1)C[C@@H](O)CC. The molecule has 0 radical (unpaired) electrons. The van der Waals surface area contributed by atoms with Gasteiger partial charge in [0.05, 0.1) is 23.0 Å². The van der Waals surface area contributed by atoms with Crippen molar-refractivity contribution in [2.45, 2.75) is 46.3 Å². The fraction of sp³-hybridized carbons (Fsp3) is 0.375. The highest BCUT2D eigenvalue weighted by atomic mass is 19.1. The Balaban J connectivity index is 2.01. The van der Waals surface area contributed by atoms with E-state index in [-0.39, 0.29) is 11.6 Å². The highest BCUT2D eigenvalue weighted by Gasteiger charge is 2.22. The van der Waals surface area contributed by atoms with Gasteiger partial charge in [0.15, 0.2) is 0 Å². The summed E-state index contributed by atoms with van der Waals surface area (Å²) in [6.07, 6.45) is 1.20. The summed E-state index contributed by atoms with van der Waals surface area (Å²) in [7, 11) is 0. The number of ether oxygens (including phenoxy) is 1. The highest BCUT2D eigenvalue weighted by Crippen LogP contribution is 2.32. The van der Waals surface area contributed by atoms with Crippen molar-refractivity contribution in [1.29, 1.82) is 0 Å². The van der Waals surface area contributed by atoms with Crippen molar-refractivity contribution in [3.05, 3.63) is 71.4 Å². The average Bonchev–Trinajstić information content (AvgIpc) is 3.05. The fourth-order valence-electron chi connectivity index (χ4n) is 3.40. The largest absolute Gasteiger partial charge is 0.439 e. The maximum Gasteiger partial charge on any atom is 0.227 e. The second-order valence-corrected chi connectivity index (χ2v) is 7.61. The van der Waals surface area contributed by atoms with E-state index >= 15 is 0 Å². The van der Waals surface area contributed by atoms with Gasteiger partial charge in [0.1, 0.15) is 17.4 Å². The van der Waals surface area contributed by atoms with Gasteiger partial charge in [0.2, 0.25) is 5.88 Å². The van der Waals surface area contributed by atoms with E-state index in [4.69, 9.17) is 4.74 Å². The molecule has 0 fully saturated rings. The van der Waals surface area contributed by atoms with Gasteiger partial charge in [0, 0.05) is 13.1 Å². The van der Waals surface area contributed by atoms with E-state index in [1.54, 1.807) is 28.9 Å². The van der Waals surface area contributed by atoms with E-state index in [1.807, 2.05) is 13.8 Å². The molecule has 7 heteroatoms. The minimum absolute atomic E-state index is 0.337. The minimum Gasteiger partial charge on any atom is -0.439 e. The molecule has 3 rings (SSSR count). The zero-order valence-electron chi connectivity index (χ0n) is 18.2. The summed E-state index contributed by atoms with van der Waals surface area (Å²) < 4.78 is 34.6. The lowest BCUT2D eigenvalue weighted by Gasteiger charge is -2.24. The fourth-order valence-corrected chi connectivity index (χ4v) is 3.40. The van der Waals surface area contributed by atoms with Crippen molar-refractivity contribution < 1.29 is 18.6 Å². The van der Waals surface area contributed by atoms with Gasteiger partial charge in [0.25, 0.3) is 0 Å². The van der Waals surface area contributed by atoms with Crippen LogP contribution in [-0.2, 0) is 6.54 Å². The summed E-state index contributed by atoms with van der Waals surface area (Å²) in [4.78, 5) is 2.17. The molecule has 1 atom stereocenters. The van der Waals surface area contributed by atoms with Crippen LogP contribution in [-0.4, -0.2) is 39.0 Å². The summed E-state index contributed by atoms with van der Waals surface area (Å²) in [5, 5.41) is 14.8. The van der Waals surface area contributed by atoms with Crippen LogP contribution in [0.15, 0.2) is 48.5 Å². The van der Waals surface area contributed by atoms with Crippen molar-refractivity contribution in [1.82, 2.24) is 14.7 Å². The van der Waals surface area contributed by atoms with Crippen molar-refractivity contribution in [3.8, 4) is 17.3 Å². The highest BCUT2D eigenvalue weighted by molar-refractivity contribution is 5.43. The van der Waals surface area contributed by atoms with Gasteiger partial charge in [-0.15, -0.1) is 0 Å². The first-order valence-electron chi connectivity index (χ1n) is 10.6. The van der Waals surface area contributed by atoms with Crippen LogP contribution in [0, 0.1) is 18.6 Å². The molecule has 3 aromatic rings.